The Morgan fingerprint density at radius 1 is 1.15 bits per heavy atom. The van der Waals surface area contributed by atoms with E-state index in [-0.39, 0.29) is 5.91 Å². The van der Waals surface area contributed by atoms with Crippen LogP contribution in [0.2, 0.25) is 0 Å². The van der Waals surface area contributed by atoms with Gasteiger partial charge in [-0.25, -0.2) is 4.98 Å². The Morgan fingerprint density at radius 3 is 2.85 bits per heavy atom. The van der Waals surface area contributed by atoms with Gasteiger partial charge in [0.05, 0.1) is 11.4 Å². The number of hydrogen-bond donors (Lipinski definition) is 0. The van der Waals surface area contributed by atoms with Gasteiger partial charge in [-0.1, -0.05) is 6.07 Å². The van der Waals surface area contributed by atoms with Gasteiger partial charge in [0.1, 0.15) is 5.65 Å². The van der Waals surface area contributed by atoms with E-state index < -0.39 is 0 Å². The van der Waals surface area contributed by atoms with Crippen LogP contribution in [0.5, 0.6) is 0 Å². The topological polar surface area (TPSA) is 51.0 Å². The first-order valence-electron chi connectivity index (χ1n) is 9.39. The van der Waals surface area contributed by atoms with Crippen molar-refractivity contribution in [2.75, 3.05) is 6.54 Å². The monoisotopic (exact) mass is 348 g/mol. The molecule has 0 radical (unpaired) electrons. The SMILES string of the molecule is CC1CCCCN1C(=O)CCn1c(-c2ccccn2)cc2cccnc21. The first-order chi connectivity index (χ1) is 12.7. The second-order valence-electron chi connectivity index (χ2n) is 6.99. The Balaban J connectivity index is 1.62. The van der Waals surface area contributed by atoms with Gasteiger partial charge in [-0.05, 0) is 56.5 Å². The van der Waals surface area contributed by atoms with Gasteiger partial charge in [0.25, 0.3) is 0 Å². The normalized spacial score (nSPS) is 17.6. The van der Waals surface area contributed by atoms with Crippen LogP contribution in [0.1, 0.15) is 32.6 Å². The third-order valence-electron chi connectivity index (χ3n) is 5.26. The van der Waals surface area contributed by atoms with E-state index in [9.17, 15) is 4.79 Å². The number of piperidine rings is 1. The van der Waals surface area contributed by atoms with Crippen molar-refractivity contribution in [1.82, 2.24) is 19.4 Å². The van der Waals surface area contributed by atoms with Crippen molar-refractivity contribution in [2.45, 2.75) is 45.2 Å². The highest BCUT2D eigenvalue weighted by Gasteiger charge is 2.23. The van der Waals surface area contributed by atoms with Crippen LogP contribution < -0.4 is 0 Å². The lowest BCUT2D eigenvalue weighted by Gasteiger charge is -2.33. The molecule has 1 saturated heterocycles. The number of aryl methyl sites for hydroxylation is 1. The maximum Gasteiger partial charge on any atom is 0.224 e. The summed E-state index contributed by atoms with van der Waals surface area (Å²) in [4.78, 5) is 23.8. The Morgan fingerprint density at radius 2 is 2.04 bits per heavy atom. The average Bonchev–Trinajstić information content (AvgIpc) is 3.06. The lowest BCUT2D eigenvalue weighted by Crippen LogP contribution is -2.42. The van der Waals surface area contributed by atoms with Crippen LogP contribution in [0.4, 0.5) is 0 Å². The number of pyridine rings is 2. The smallest absolute Gasteiger partial charge is 0.224 e. The van der Waals surface area contributed by atoms with E-state index >= 15 is 0 Å². The Bertz CT molecular complexity index is 903. The highest BCUT2D eigenvalue weighted by Crippen LogP contribution is 2.26. The van der Waals surface area contributed by atoms with Gasteiger partial charge < -0.3 is 9.47 Å². The molecule has 4 rings (SSSR count). The summed E-state index contributed by atoms with van der Waals surface area (Å²) in [5, 5.41) is 1.08. The number of hydrogen-bond acceptors (Lipinski definition) is 3. The maximum absolute atomic E-state index is 12.8. The van der Waals surface area contributed by atoms with Gasteiger partial charge in [-0.15, -0.1) is 0 Å². The number of carbonyl (C=O) groups excluding carboxylic acids is 1. The maximum atomic E-state index is 12.8. The van der Waals surface area contributed by atoms with Crippen molar-refractivity contribution in [3.63, 3.8) is 0 Å². The molecule has 0 aliphatic carbocycles. The lowest BCUT2D eigenvalue weighted by molar-refractivity contribution is -0.134. The molecule has 0 bridgehead atoms. The molecule has 1 aliphatic rings. The van der Waals surface area contributed by atoms with E-state index in [4.69, 9.17) is 0 Å². The molecule has 0 saturated carbocycles. The molecule has 1 atom stereocenters. The minimum atomic E-state index is 0.238. The van der Waals surface area contributed by atoms with Gasteiger partial charge in [0, 0.05) is 43.3 Å². The number of nitrogens with zero attached hydrogens (tertiary/aromatic N) is 4. The van der Waals surface area contributed by atoms with Gasteiger partial charge in [0.2, 0.25) is 5.91 Å². The summed E-state index contributed by atoms with van der Waals surface area (Å²) in [5.41, 5.74) is 2.83. The predicted octanol–water partition coefficient (Wildman–Crippen LogP) is 3.89. The van der Waals surface area contributed by atoms with E-state index in [2.05, 4.69) is 33.6 Å². The molecular formula is C21H24N4O. The second kappa shape index (κ2) is 7.28. The average molecular weight is 348 g/mol. The molecule has 0 spiro atoms. The molecule has 0 aromatic carbocycles. The van der Waals surface area contributed by atoms with Crippen LogP contribution in [0, 0.1) is 0 Å². The van der Waals surface area contributed by atoms with Crippen LogP contribution in [0.3, 0.4) is 0 Å². The number of likely N-dealkylation sites (tertiary alicyclic amines) is 1. The van der Waals surface area contributed by atoms with Crippen molar-refractivity contribution in [1.29, 1.82) is 0 Å². The molecular weight excluding hydrogens is 324 g/mol. The fourth-order valence-corrected chi connectivity index (χ4v) is 3.86. The lowest BCUT2D eigenvalue weighted by atomic mass is 10.0. The highest BCUT2D eigenvalue weighted by molar-refractivity contribution is 5.84. The Labute approximate surface area is 153 Å². The number of amides is 1. The fraction of sp³-hybridized carbons (Fsp3) is 0.381. The summed E-state index contributed by atoms with van der Waals surface area (Å²) in [6.07, 6.45) is 7.54. The molecule has 26 heavy (non-hydrogen) atoms. The van der Waals surface area contributed by atoms with E-state index in [0.717, 1.165) is 41.8 Å². The minimum absolute atomic E-state index is 0.238. The second-order valence-corrected chi connectivity index (χ2v) is 6.99. The van der Waals surface area contributed by atoms with Crippen molar-refractivity contribution >= 4 is 16.9 Å². The number of fused-ring (bicyclic) bond motifs is 1. The van der Waals surface area contributed by atoms with E-state index in [1.165, 1.54) is 6.42 Å². The Kier molecular flexibility index (Phi) is 4.69. The summed E-state index contributed by atoms with van der Waals surface area (Å²) in [5.74, 6) is 0.238. The van der Waals surface area contributed by atoms with Crippen LogP contribution in [0.25, 0.3) is 22.4 Å². The predicted molar refractivity (Wildman–Crippen MR) is 103 cm³/mol. The number of carbonyl (C=O) groups is 1. The van der Waals surface area contributed by atoms with E-state index in [1.807, 2.05) is 29.2 Å². The number of rotatable bonds is 4. The first-order valence-corrected chi connectivity index (χ1v) is 9.39. The van der Waals surface area contributed by atoms with E-state index in [1.54, 1.807) is 12.4 Å². The zero-order valence-electron chi connectivity index (χ0n) is 15.1. The molecule has 1 unspecified atom stereocenters. The van der Waals surface area contributed by atoms with Crippen molar-refractivity contribution in [3.05, 3.63) is 48.8 Å². The summed E-state index contributed by atoms with van der Waals surface area (Å²) < 4.78 is 2.13. The summed E-state index contributed by atoms with van der Waals surface area (Å²) >= 11 is 0. The zero-order chi connectivity index (χ0) is 17.9. The summed E-state index contributed by atoms with van der Waals surface area (Å²) in [6.45, 7) is 3.66. The molecule has 0 N–H and O–H groups in total. The first kappa shape index (κ1) is 16.8. The third kappa shape index (κ3) is 3.21. The number of aromatic nitrogens is 3. The molecule has 3 aromatic rings. The fourth-order valence-electron chi connectivity index (χ4n) is 3.86. The molecule has 5 nitrogen and oxygen atoms in total. The highest BCUT2D eigenvalue weighted by atomic mass is 16.2. The molecule has 5 heteroatoms. The summed E-state index contributed by atoms with van der Waals surface area (Å²) in [6, 6.07) is 12.4. The van der Waals surface area contributed by atoms with Gasteiger partial charge in [-0.3, -0.25) is 9.78 Å². The molecule has 3 aromatic heterocycles. The molecule has 1 aliphatic heterocycles. The van der Waals surface area contributed by atoms with Crippen molar-refractivity contribution in [2.24, 2.45) is 0 Å². The summed E-state index contributed by atoms with van der Waals surface area (Å²) in [7, 11) is 0. The molecule has 4 heterocycles. The molecule has 1 fully saturated rings. The van der Waals surface area contributed by atoms with Crippen LogP contribution in [0.15, 0.2) is 48.8 Å². The van der Waals surface area contributed by atoms with Gasteiger partial charge in [-0.2, -0.15) is 0 Å². The molecule has 134 valence electrons. The van der Waals surface area contributed by atoms with Crippen LogP contribution in [-0.2, 0) is 11.3 Å². The third-order valence-corrected chi connectivity index (χ3v) is 5.26. The van der Waals surface area contributed by atoms with E-state index in [0.29, 0.717) is 19.0 Å². The largest absolute Gasteiger partial charge is 0.340 e. The Hall–Kier alpha value is -2.69. The standard InChI is InChI=1S/C21H24N4O/c1-16-7-3-5-13-24(16)20(26)10-14-25-19(18-9-2-4-11-22-18)15-17-8-6-12-23-21(17)25/h2,4,6,8-9,11-12,15-16H,3,5,7,10,13-14H2,1H3. The van der Waals surface area contributed by atoms with Crippen LogP contribution in [-0.4, -0.2) is 37.9 Å². The molecule has 1 amide bonds. The quantitative estimate of drug-likeness (QED) is 0.719. The van der Waals surface area contributed by atoms with Gasteiger partial charge >= 0.3 is 0 Å². The minimum Gasteiger partial charge on any atom is -0.340 e. The van der Waals surface area contributed by atoms with Gasteiger partial charge in [0.15, 0.2) is 0 Å². The van der Waals surface area contributed by atoms with Crippen molar-refractivity contribution < 1.29 is 4.79 Å². The van der Waals surface area contributed by atoms with Crippen LogP contribution >= 0.6 is 0 Å². The zero-order valence-corrected chi connectivity index (χ0v) is 15.1. The van der Waals surface area contributed by atoms with Crippen molar-refractivity contribution in [3.8, 4) is 11.4 Å².